The van der Waals surface area contributed by atoms with Gasteiger partial charge in [0.05, 0.1) is 41.4 Å². The van der Waals surface area contributed by atoms with E-state index in [1.54, 1.807) is 20.0 Å². The number of epoxide rings is 1. The summed E-state index contributed by atoms with van der Waals surface area (Å²) in [4.78, 5) is 31.0. The lowest BCUT2D eigenvalue weighted by molar-refractivity contribution is -0.154. The van der Waals surface area contributed by atoms with Gasteiger partial charge in [0.2, 0.25) is 0 Å². The van der Waals surface area contributed by atoms with E-state index in [-0.39, 0.29) is 29.8 Å². The summed E-state index contributed by atoms with van der Waals surface area (Å²) in [6, 6.07) is 5.59. The molecule has 2 N–H and O–H groups in total. The number of hydrogen-bond acceptors (Lipinski definition) is 7. The highest BCUT2D eigenvalue weighted by Crippen LogP contribution is 2.44. The summed E-state index contributed by atoms with van der Waals surface area (Å²) in [5.74, 6) is -1.61. The van der Waals surface area contributed by atoms with Crippen LogP contribution >= 0.6 is 0 Å². The minimum atomic E-state index is -1.25. The lowest BCUT2D eigenvalue weighted by atomic mass is 9.71. The van der Waals surface area contributed by atoms with E-state index in [2.05, 4.69) is 11.9 Å². The maximum Gasteiger partial charge on any atom is 0.309 e. The van der Waals surface area contributed by atoms with Crippen LogP contribution in [0.4, 0.5) is 0 Å². The third-order valence-electron chi connectivity index (χ3n) is 8.21. The van der Waals surface area contributed by atoms with Gasteiger partial charge in [-0.1, -0.05) is 44.9 Å². The number of ether oxygens (including phenoxy) is 2. The van der Waals surface area contributed by atoms with E-state index < -0.39 is 35.6 Å². The summed E-state index contributed by atoms with van der Waals surface area (Å²) in [6.45, 7) is 11.2. The van der Waals surface area contributed by atoms with Crippen LogP contribution in [0.15, 0.2) is 42.1 Å². The number of Topliss-reactive ketones (excluding diaryl/α,β-unsaturated/α-hetero) is 1. The number of carbonyl (C=O) groups is 2. The number of esters is 1. The smallest absolute Gasteiger partial charge is 0.309 e. The van der Waals surface area contributed by atoms with Crippen molar-refractivity contribution >= 4 is 17.8 Å². The second kappa shape index (κ2) is 12.7. The average molecular weight is 528 g/mol. The number of aliphatic hydroxyl groups excluding tert-OH is 2. The fraction of sp³-hybridized carbons (Fsp3) is 0.645. The molecule has 0 amide bonds. The summed E-state index contributed by atoms with van der Waals surface area (Å²) < 4.78 is 11.8. The number of rotatable bonds is 4. The number of hydrogen-bond donors (Lipinski definition) is 2. The topological polar surface area (TPSA) is 109 Å². The van der Waals surface area contributed by atoms with Crippen molar-refractivity contribution in [3.63, 3.8) is 0 Å². The van der Waals surface area contributed by atoms with Crippen molar-refractivity contribution in [2.24, 2.45) is 17.3 Å². The molecule has 38 heavy (non-hydrogen) atoms. The molecule has 0 radical (unpaired) electrons. The Morgan fingerprint density at radius 1 is 1.18 bits per heavy atom. The highest BCUT2D eigenvalue weighted by molar-refractivity contribution is 5.88. The quantitative estimate of drug-likeness (QED) is 0.320. The number of pyridine rings is 1. The molecule has 3 rings (SSSR count). The van der Waals surface area contributed by atoms with Gasteiger partial charge in [-0.15, -0.1) is 0 Å². The molecule has 2 aliphatic heterocycles. The van der Waals surface area contributed by atoms with Gasteiger partial charge < -0.3 is 19.7 Å². The van der Waals surface area contributed by atoms with Crippen molar-refractivity contribution < 1.29 is 29.3 Å². The summed E-state index contributed by atoms with van der Waals surface area (Å²) in [5, 5.41) is 22.3. The van der Waals surface area contributed by atoms with Crippen LogP contribution in [0.5, 0.6) is 0 Å². The number of fused-ring (bicyclic) bond motifs is 1. The van der Waals surface area contributed by atoms with E-state index in [4.69, 9.17) is 9.47 Å². The van der Waals surface area contributed by atoms with Gasteiger partial charge in [-0.3, -0.25) is 14.6 Å². The van der Waals surface area contributed by atoms with Crippen molar-refractivity contribution in [3.8, 4) is 0 Å². The molecule has 2 fully saturated rings. The Bertz CT molecular complexity index is 1010. The number of aliphatic hydroxyl groups is 2. The molecule has 7 atom stereocenters. The van der Waals surface area contributed by atoms with Crippen molar-refractivity contribution in [1.82, 2.24) is 4.98 Å². The second-order valence-electron chi connectivity index (χ2n) is 12.1. The Kier molecular flexibility index (Phi) is 10.1. The molecule has 0 aliphatic carbocycles. The number of allylic oxidation sites excluding steroid dienone is 2. The van der Waals surface area contributed by atoms with Crippen molar-refractivity contribution in [2.45, 2.75) is 110 Å². The van der Waals surface area contributed by atoms with Gasteiger partial charge >= 0.3 is 5.97 Å². The Hall–Kier alpha value is -2.35. The molecule has 0 bridgehead atoms. The minimum absolute atomic E-state index is 0.0600. The fourth-order valence-electron chi connectivity index (χ4n) is 5.24. The van der Waals surface area contributed by atoms with E-state index in [9.17, 15) is 19.8 Å². The van der Waals surface area contributed by atoms with Crippen LogP contribution in [-0.2, 0) is 19.1 Å². The number of cyclic esters (lactones) is 1. The van der Waals surface area contributed by atoms with Crippen LogP contribution in [0.3, 0.4) is 0 Å². The summed E-state index contributed by atoms with van der Waals surface area (Å²) >= 11 is 0. The van der Waals surface area contributed by atoms with Crippen LogP contribution in [0.25, 0.3) is 6.08 Å². The van der Waals surface area contributed by atoms with Crippen LogP contribution in [-0.4, -0.2) is 57.0 Å². The number of aromatic nitrogens is 1. The maximum absolute atomic E-state index is 13.7. The van der Waals surface area contributed by atoms with Gasteiger partial charge in [0.15, 0.2) is 0 Å². The predicted octanol–water partition coefficient (Wildman–Crippen LogP) is 5.05. The normalized spacial score (nSPS) is 34.8. The molecule has 3 heterocycles. The molecular formula is C31H45NO6. The van der Waals surface area contributed by atoms with Crippen molar-refractivity contribution in [2.75, 3.05) is 0 Å². The lowest BCUT2D eigenvalue weighted by Crippen LogP contribution is -2.46. The zero-order valence-electron chi connectivity index (χ0n) is 23.7. The fourth-order valence-corrected chi connectivity index (χ4v) is 5.24. The molecular weight excluding hydrogens is 482 g/mol. The summed E-state index contributed by atoms with van der Waals surface area (Å²) in [6.07, 6.45) is 7.52. The monoisotopic (exact) mass is 527 g/mol. The van der Waals surface area contributed by atoms with E-state index in [1.165, 1.54) is 0 Å². The molecule has 0 saturated carbocycles. The first kappa shape index (κ1) is 30.2. The first-order valence-electron chi connectivity index (χ1n) is 13.8. The minimum Gasteiger partial charge on any atom is -0.458 e. The van der Waals surface area contributed by atoms with Crippen LogP contribution in [0.2, 0.25) is 0 Å². The Labute approximate surface area is 227 Å². The van der Waals surface area contributed by atoms with E-state index in [1.807, 2.05) is 57.2 Å². The highest BCUT2D eigenvalue weighted by atomic mass is 16.6. The van der Waals surface area contributed by atoms with E-state index in [0.717, 1.165) is 30.5 Å². The number of ketones is 1. The third kappa shape index (κ3) is 7.84. The number of nitrogens with zero attached hydrogens (tertiary/aromatic N) is 1. The highest BCUT2D eigenvalue weighted by Gasteiger charge is 2.52. The molecule has 2 saturated heterocycles. The molecule has 7 heteroatoms. The van der Waals surface area contributed by atoms with E-state index >= 15 is 0 Å². The zero-order chi connectivity index (χ0) is 28.1. The second-order valence-corrected chi connectivity index (χ2v) is 12.1. The van der Waals surface area contributed by atoms with Gasteiger partial charge in [-0.2, -0.15) is 0 Å². The largest absolute Gasteiger partial charge is 0.458 e. The Morgan fingerprint density at radius 2 is 1.92 bits per heavy atom. The van der Waals surface area contributed by atoms with Crippen molar-refractivity contribution in [3.05, 3.63) is 47.8 Å². The van der Waals surface area contributed by atoms with Gasteiger partial charge in [0, 0.05) is 18.5 Å². The Morgan fingerprint density at radius 3 is 2.58 bits per heavy atom. The first-order chi connectivity index (χ1) is 17.8. The molecule has 2 aliphatic rings. The predicted molar refractivity (Wildman–Crippen MR) is 147 cm³/mol. The molecule has 7 nitrogen and oxygen atoms in total. The molecule has 2 unspecified atom stereocenters. The lowest BCUT2D eigenvalue weighted by Gasteiger charge is -2.35. The van der Waals surface area contributed by atoms with Crippen molar-refractivity contribution in [1.29, 1.82) is 0 Å². The Balaban J connectivity index is 1.86. The molecule has 0 spiro atoms. The SMILES string of the molecule is CC(C)=CC[C@H]1C(=O)C(C)(C)[C@@H](O)CC(=O)O[C@H](C=Cc2ccccn2)CC2OC2(C)CCC[C@H](C)[C@H]1O. The summed E-state index contributed by atoms with van der Waals surface area (Å²) in [7, 11) is 0. The van der Waals surface area contributed by atoms with Gasteiger partial charge in [0.1, 0.15) is 11.9 Å². The third-order valence-corrected chi connectivity index (χ3v) is 8.21. The van der Waals surface area contributed by atoms with Crippen LogP contribution < -0.4 is 0 Å². The van der Waals surface area contributed by atoms with Crippen LogP contribution in [0, 0.1) is 17.3 Å². The molecule has 210 valence electrons. The van der Waals surface area contributed by atoms with Gasteiger partial charge in [-0.25, -0.2) is 0 Å². The zero-order valence-corrected chi connectivity index (χ0v) is 23.7. The molecule has 1 aromatic rings. The van der Waals surface area contributed by atoms with Crippen LogP contribution in [0.1, 0.15) is 85.8 Å². The molecule has 1 aromatic heterocycles. The average Bonchev–Trinajstić information content (AvgIpc) is 3.50. The standard InChI is InChI=1S/C31H45NO6/c1-20(2)12-15-24-28(35)21(3)10-9-16-31(6)26(38-31)18-23(14-13-22-11-7-8-17-32-22)37-27(34)19-25(33)30(4,5)29(24)36/h7-8,11-14,17,21,23-26,28,33,35H,9-10,15-16,18-19H2,1-6H3/t21-,23+,24+,25-,26?,28+,31?/m0/s1. The number of carbonyl (C=O) groups excluding carboxylic acids is 2. The summed E-state index contributed by atoms with van der Waals surface area (Å²) in [5.41, 5.74) is 0.247. The molecule has 0 aromatic carbocycles. The maximum atomic E-state index is 13.7. The van der Waals surface area contributed by atoms with E-state index in [0.29, 0.717) is 12.8 Å². The first-order valence-corrected chi connectivity index (χ1v) is 13.8. The van der Waals surface area contributed by atoms with Gasteiger partial charge in [-0.05, 0) is 70.2 Å². The van der Waals surface area contributed by atoms with Gasteiger partial charge in [0.25, 0.3) is 0 Å².